The van der Waals surface area contributed by atoms with Crippen molar-refractivity contribution >= 4 is 5.78 Å². The maximum Gasteiger partial charge on any atom is 0.159 e. The molecule has 0 bridgehead atoms. The number of H-pyrrole nitrogens is 1. The Morgan fingerprint density at radius 1 is 1.21 bits per heavy atom. The second kappa shape index (κ2) is 3.46. The van der Waals surface area contributed by atoms with Crippen LogP contribution in [0, 0.1) is 0 Å². The maximum absolute atomic E-state index is 11.0. The standard InChI is InChI=1S/C11H10N2O/c1-8(14)9-2-4-10(5-3-9)11-6-7-12-13-11/h2-7H,1H3,(H,12,13). The summed E-state index contributed by atoms with van der Waals surface area (Å²) < 4.78 is 0. The number of benzene rings is 1. The van der Waals surface area contributed by atoms with Crippen molar-refractivity contribution in [1.82, 2.24) is 10.2 Å². The predicted octanol–water partition coefficient (Wildman–Crippen LogP) is 2.28. The molecule has 1 aromatic heterocycles. The Bertz CT molecular complexity index is 429. The molecule has 0 fully saturated rings. The molecule has 0 spiro atoms. The van der Waals surface area contributed by atoms with E-state index in [2.05, 4.69) is 10.2 Å². The van der Waals surface area contributed by atoms with Crippen LogP contribution in [0.15, 0.2) is 36.5 Å². The first kappa shape index (κ1) is 8.69. The molecule has 0 amide bonds. The Kier molecular flexibility index (Phi) is 2.14. The van der Waals surface area contributed by atoms with E-state index in [0.29, 0.717) is 0 Å². The van der Waals surface area contributed by atoms with Gasteiger partial charge in [0.25, 0.3) is 0 Å². The normalized spacial score (nSPS) is 10.1. The molecule has 0 unspecified atom stereocenters. The number of carbonyl (C=O) groups is 1. The maximum atomic E-state index is 11.0. The van der Waals surface area contributed by atoms with Crippen molar-refractivity contribution in [1.29, 1.82) is 0 Å². The van der Waals surface area contributed by atoms with Gasteiger partial charge in [-0.1, -0.05) is 24.3 Å². The van der Waals surface area contributed by atoms with Gasteiger partial charge in [-0.3, -0.25) is 9.89 Å². The van der Waals surface area contributed by atoms with Crippen molar-refractivity contribution in [3.05, 3.63) is 42.1 Å². The first-order valence-electron chi connectivity index (χ1n) is 4.38. The number of ketones is 1. The molecule has 14 heavy (non-hydrogen) atoms. The first-order chi connectivity index (χ1) is 6.77. The van der Waals surface area contributed by atoms with Crippen LogP contribution in [0.25, 0.3) is 11.3 Å². The summed E-state index contributed by atoms with van der Waals surface area (Å²) >= 11 is 0. The van der Waals surface area contributed by atoms with Gasteiger partial charge in [-0.2, -0.15) is 5.10 Å². The van der Waals surface area contributed by atoms with Crippen molar-refractivity contribution in [2.24, 2.45) is 0 Å². The van der Waals surface area contributed by atoms with Crippen LogP contribution in [0.5, 0.6) is 0 Å². The van der Waals surface area contributed by atoms with Gasteiger partial charge in [0.2, 0.25) is 0 Å². The monoisotopic (exact) mass is 186 g/mol. The topological polar surface area (TPSA) is 45.8 Å². The molecule has 0 atom stereocenters. The molecule has 0 saturated carbocycles. The lowest BCUT2D eigenvalue weighted by molar-refractivity contribution is 0.101. The quantitative estimate of drug-likeness (QED) is 0.731. The van der Waals surface area contributed by atoms with Gasteiger partial charge in [0.1, 0.15) is 0 Å². The zero-order chi connectivity index (χ0) is 9.97. The molecule has 0 aliphatic heterocycles. The third-order valence-corrected chi connectivity index (χ3v) is 2.10. The molecule has 0 saturated heterocycles. The molecule has 0 radical (unpaired) electrons. The molecular weight excluding hydrogens is 176 g/mol. The molecule has 0 aliphatic rings. The Morgan fingerprint density at radius 2 is 1.93 bits per heavy atom. The van der Waals surface area contributed by atoms with Gasteiger partial charge in [-0.15, -0.1) is 0 Å². The van der Waals surface area contributed by atoms with Gasteiger partial charge in [-0.25, -0.2) is 0 Å². The minimum absolute atomic E-state index is 0.0844. The predicted molar refractivity (Wildman–Crippen MR) is 54.0 cm³/mol. The number of carbonyl (C=O) groups excluding carboxylic acids is 1. The van der Waals surface area contributed by atoms with E-state index in [0.717, 1.165) is 16.8 Å². The van der Waals surface area contributed by atoms with Gasteiger partial charge in [0.15, 0.2) is 5.78 Å². The summed E-state index contributed by atoms with van der Waals surface area (Å²) in [5.74, 6) is 0.0844. The molecule has 3 heteroatoms. The Balaban J connectivity index is 2.36. The average molecular weight is 186 g/mol. The van der Waals surface area contributed by atoms with Gasteiger partial charge < -0.3 is 0 Å². The first-order valence-corrected chi connectivity index (χ1v) is 4.38. The summed E-state index contributed by atoms with van der Waals surface area (Å²) in [4.78, 5) is 11.0. The lowest BCUT2D eigenvalue weighted by Crippen LogP contribution is -1.90. The van der Waals surface area contributed by atoms with Crippen LogP contribution in [0.2, 0.25) is 0 Å². The van der Waals surface area contributed by atoms with Crippen LogP contribution < -0.4 is 0 Å². The highest BCUT2D eigenvalue weighted by Gasteiger charge is 2.00. The van der Waals surface area contributed by atoms with Gasteiger partial charge in [-0.05, 0) is 18.6 Å². The van der Waals surface area contributed by atoms with E-state index in [9.17, 15) is 4.79 Å². The third-order valence-electron chi connectivity index (χ3n) is 2.10. The smallest absolute Gasteiger partial charge is 0.159 e. The number of aromatic nitrogens is 2. The van der Waals surface area contributed by atoms with E-state index in [1.165, 1.54) is 0 Å². The molecule has 3 nitrogen and oxygen atoms in total. The SMILES string of the molecule is CC(=O)c1ccc(-c2ccn[nH]2)cc1. The van der Waals surface area contributed by atoms with Crippen LogP contribution in [0.1, 0.15) is 17.3 Å². The van der Waals surface area contributed by atoms with Gasteiger partial charge in [0, 0.05) is 11.8 Å². The lowest BCUT2D eigenvalue weighted by atomic mass is 10.1. The molecule has 0 aliphatic carbocycles. The molecule has 2 rings (SSSR count). The van der Waals surface area contributed by atoms with Crippen LogP contribution in [0.4, 0.5) is 0 Å². The summed E-state index contributed by atoms with van der Waals surface area (Å²) in [6.07, 6.45) is 1.70. The fraction of sp³-hybridized carbons (Fsp3) is 0.0909. The van der Waals surface area contributed by atoms with Gasteiger partial charge >= 0.3 is 0 Å². The number of aromatic amines is 1. The molecule has 70 valence electrons. The second-order valence-corrected chi connectivity index (χ2v) is 3.10. The molecule has 2 aromatic rings. The van der Waals surface area contributed by atoms with E-state index in [1.54, 1.807) is 13.1 Å². The van der Waals surface area contributed by atoms with Crippen LogP contribution >= 0.6 is 0 Å². The van der Waals surface area contributed by atoms with Gasteiger partial charge in [0.05, 0.1) is 5.69 Å². The summed E-state index contributed by atoms with van der Waals surface area (Å²) in [6, 6.07) is 9.34. The number of Topliss-reactive ketones (excluding diaryl/α,β-unsaturated/α-hetero) is 1. The summed E-state index contributed by atoms with van der Waals surface area (Å²) in [7, 11) is 0. The van der Waals surface area contributed by atoms with Crippen molar-refractivity contribution in [2.75, 3.05) is 0 Å². The number of hydrogen-bond donors (Lipinski definition) is 1. The largest absolute Gasteiger partial charge is 0.295 e. The second-order valence-electron chi connectivity index (χ2n) is 3.10. The van der Waals surface area contributed by atoms with Crippen molar-refractivity contribution < 1.29 is 4.79 Å². The minimum atomic E-state index is 0.0844. The number of nitrogens with one attached hydrogen (secondary N) is 1. The fourth-order valence-corrected chi connectivity index (χ4v) is 1.30. The van der Waals surface area contributed by atoms with E-state index in [4.69, 9.17) is 0 Å². The molecule has 1 aromatic carbocycles. The van der Waals surface area contributed by atoms with Crippen molar-refractivity contribution in [2.45, 2.75) is 6.92 Å². The summed E-state index contributed by atoms with van der Waals surface area (Å²) in [5, 5.41) is 6.73. The third kappa shape index (κ3) is 1.57. The Hall–Kier alpha value is -1.90. The lowest BCUT2D eigenvalue weighted by Gasteiger charge is -1.98. The van der Waals surface area contributed by atoms with Crippen molar-refractivity contribution in [3.63, 3.8) is 0 Å². The highest BCUT2D eigenvalue weighted by atomic mass is 16.1. The number of nitrogens with zero attached hydrogens (tertiary/aromatic N) is 1. The average Bonchev–Trinajstić information content (AvgIpc) is 2.71. The van der Waals surface area contributed by atoms with Crippen molar-refractivity contribution in [3.8, 4) is 11.3 Å². The summed E-state index contributed by atoms with van der Waals surface area (Å²) in [5.41, 5.74) is 2.72. The molecular formula is C11H10N2O. The highest BCUT2D eigenvalue weighted by Crippen LogP contribution is 2.16. The van der Waals surface area contributed by atoms with Crippen LogP contribution in [-0.4, -0.2) is 16.0 Å². The Labute approximate surface area is 81.8 Å². The zero-order valence-electron chi connectivity index (χ0n) is 7.82. The van der Waals surface area contributed by atoms with E-state index in [-0.39, 0.29) is 5.78 Å². The summed E-state index contributed by atoms with van der Waals surface area (Å²) in [6.45, 7) is 1.56. The van der Waals surface area contributed by atoms with E-state index in [1.807, 2.05) is 30.3 Å². The van der Waals surface area contributed by atoms with Crippen LogP contribution in [0.3, 0.4) is 0 Å². The highest BCUT2D eigenvalue weighted by molar-refractivity contribution is 5.94. The van der Waals surface area contributed by atoms with Crippen LogP contribution in [-0.2, 0) is 0 Å². The molecule has 1 N–H and O–H groups in total. The molecule has 1 heterocycles. The number of hydrogen-bond acceptors (Lipinski definition) is 2. The zero-order valence-corrected chi connectivity index (χ0v) is 7.82. The minimum Gasteiger partial charge on any atom is -0.295 e. The van der Waals surface area contributed by atoms with E-state index < -0.39 is 0 Å². The van der Waals surface area contributed by atoms with E-state index >= 15 is 0 Å². The number of rotatable bonds is 2. The fourth-order valence-electron chi connectivity index (χ4n) is 1.30. The Morgan fingerprint density at radius 3 is 2.43 bits per heavy atom.